The molecular weight excluding hydrogens is 340 g/mol. The summed E-state index contributed by atoms with van der Waals surface area (Å²) in [5, 5.41) is 5.61. The molecule has 2 bridgehead atoms. The third-order valence-electron chi connectivity index (χ3n) is 6.15. The molecule has 5 rings (SSSR count). The first kappa shape index (κ1) is 16.1. The lowest BCUT2D eigenvalue weighted by Crippen LogP contribution is -2.36. The van der Waals surface area contributed by atoms with Crippen molar-refractivity contribution in [3.8, 4) is 0 Å². The number of rotatable bonds is 3. The molecule has 0 aliphatic carbocycles. The predicted octanol–water partition coefficient (Wildman–Crippen LogP) is 4.09. The molecular formula is C21H24N4S. The highest BCUT2D eigenvalue weighted by atomic mass is 32.1. The molecule has 2 aromatic rings. The number of amidine groups is 1. The van der Waals surface area contributed by atoms with E-state index in [-0.39, 0.29) is 0 Å². The van der Waals surface area contributed by atoms with Gasteiger partial charge in [-0.3, -0.25) is 4.90 Å². The Bertz CT molecular complexity index is 883. The summed E-state index contributed by atoms with van der Waals surface area (Å²) in [5.74, 6) is 1.07. The van der Waals surface area contributed by atoms with Crippen molar-refractivity contribution in [2.24, 2.45) is 10.7 Å². The minimum absolute atomic E-state index is 0.472. The largest absolute Gasteiger partial charge is 0.384 e. The van der Waals surface area contributed by atoms with Gasteiger partial charge < -0.3 is 11.1 Å². The molecule has 4 heterocycles. The average molecular weight is 365 g/mol. The van der Waals surface area contributed by atoms with E-state index in [1.54, 1.807) is 16.9 Å². The number of anilines is 1. The van der Waals surface area contributed by atoms with Gasteiger partial charge in [0.05, 0.1) is 10.6 Å². The van der Waals surface area contributed by atoms with Gasteiger partial charge in [0.25, 0.3) is 0 Å². The highest BCUT2D eigenvalue weighted by molar-refractivity contribution is 7.12. The van der Waals surface area contributed by atoms with Crippen LogP contribution >= 0.6 is 11.3 Å². The van der Waals surface area contributed by atoms with Crippen molar-refractivity contribution in [2.75, 3.05) is 18.9 Å². The van der Waals surface area contributed by atoms with E-state index in [1.807, 2.05) is 17.5 Å². The number of nitrogens with two attached hydrogens (primary N) is 1. The second-order valence-electron chi connectivity index (χ2n) is 7.59. The van der Waals surface area contributed by atoms with Gasteiger partial charge >= 0.3 is 0 Å². The van der Waals surface area contributed by atoms with E-state index in [0.717, 1.165) is 23.2 Å². The summed E-state index contributed by atoms with van der Waals surface area (Å²) < 4.78 is 0. The molecule has 26 heavy (non-hydrogen) atoms. The molecule has 1 aromatic carbocycles. The number of fused-ring (bicyclic) bond motifs is 3. The Morgan fingerprint density at radius 2 is 2.23 bits per heavy atom. The van der Waals surface area contributed by atoms with Gasteiger partial charge in [-0.15, -0.1) is 11.3 Å². The maximum Gasteiger partial charge on any atom is 0.141 e. The summed E-state index contributed by atoms with van der Waals surface area (Å²) in [5.41, 5.74) is 11.4. The third-order valence-corrected chi connectivity index (χ3v) is 7.04. The zero-order valence-corrected chi connectivity index (χ0v) is 15.8. The number of nitrogens with one attached hydrogen (secondary N) is 1. The summed E-state index contributed by atoms with van der Waals surface area (Å²) >= 11 is 1.62. The average Bonchev–Trinajstić information content (AvgIpc) is 3.34. The topological polar surface area (TPSA) is 53.6 Å². The van der Waals surface area contributed by atoms with Gasteiger partial charge in [0.15, 0.2) is 0 Å². The maximum absolute atomic E-state index is 6.18. The van der Waals surface area contributed by atoms with E-state index < -0.39 is 0 Å². The zero-order chi connectivity index (χ0) is 17.7. The molecule has 3 N–H and O–H groups in total. The van der Waals surface area contributed by atoms with Crippen molar-refractivity contribution < 1.29 is 0 Å². The SMILES string of the molecule is CN1C2C=C(C3CNc4ccc(N=C(N)c5cccs5)cc43)CC1CC2. The van der Waals surface area contributed by atoms with E-state index in [1.165, 1.54) is 30.5 Å². The molecule has 1 fully saturated rings. The quantitative estimate of drug-likeness (QED) is 0.490. The van der Waals surface area contributed by atoms with Crippen molar-refractivity contribution in [1.29, 1.82) is 0 Å². The molecule has 0 radical (unpaired) electrons. The van der Waals surface area contributed by atoms with E-state index in [0.29, 0.717) is 17.8 Å². The predicted molar refractivity (Wildman–Crippen MR) is 110 cm³/mol. The summed E-state index contributed by atoms with van der Waals surface area (Å²) in [7, 11) is 2.27. The number of benzene rings is 1. The molecule has 3 unspecified atom stereocenters. The second kappa shape index (κ2) is 6.25. The van der Waals surface area contributed by atoms with Gasteiger partial charge in [0.1, 0.15) is 5.84 Å². The van der Waals surface area contributed by atoms with Gasteiger partial charge in [0, 0.05) is 30.2 Å². The van der Waals surface area contributed by atoms with E-state index in [9.17, 15) is 0 Å². The number of likely N-dealkylation sites (N-methyl/N-ethyl adjacent to an activating group) is 1. The van der Waals surface area contributed by atoms with Gasteiger partial charge in [0.2, 0.25) is 0 Å². The lowest BCUT2D eigenvalue weighted by Gasteiger charge is -2.32. The fourth-order valence-electron chi connectivity index (χ4n) is 4.67. The molecule has 0 spiro atoms. The third kappa shape index (κ3) is 2.66. The maximum atomic E-state index is 6.18. The number of nitrogens with zero attached hydrogens (tertiary/aromatic N) is 2. The lowest BCUT2D eigenvalue weighted by atomic mass is 9.86. The Kier molecular flexibility index (Phi) is 3.87. The number of aliphatic imine (C=N–C) groups is 1. The number of hydrogen-bond donors (Lipinski definition) is 2. The Morgan fingerprint density at radius 1 is 1.31 bits per heavy atom. The fraction of sp³-hybridized carbons (Fsp3) is 0.381. The number of thiophene rings is 1. The molecule has 4 nitrogen and oxygen atoms in total. The molecule has 0 amide bonds. The highest BCUT2D eigenvalue weighted by Gasteiger charge is 2.37. The normalized spacial score (nSPS) is 28.0. The standard InChI is InChI=1S/C21H24N4S/c1-25-15-5-6-16(25)10-13(9-15)18-12-23-19-7-4-14(11-17(18)19)24-21(22)20-3-2-8-26-20/h2-4,7-9,11,15-16,18,23H,5-6,10,12H2,1H3,(H2,22,24). The van der Waals surface area contributed by atoms with Crippen molar-refractivity contribution in [2.45, 2.75) is 37.3 Å². The van der Waals surface area contributed by atoms with Crippen LogP contribution in [-0.4, -0.2) is 36.4 Å². The number of hydrogen-bond acceptors (Lipinski definition) is 4. The Balaban J connectivity index is 1.46. The smallest absolute Gasteiger partial charge is 0.141 e. The molecule has 1 saturated heterocycles. The molecule has 3 atom stereocenters. The van der Waals surface area contributed by atoms with Crippen LogP contribution in [0.5, 0.6) is 0 Å². The fourth-order valence-corrected chi connectivity index (χ4v) is 5.30. The van der Waals surface area contributed by atoms with Crippen LogP contribution in [0.2, 0.25) is 0 Å². The van der Waals surface area contributed by atoms with Crippen LogP contribution in [0.1, 0.15) is 35.6 Å². The van der Waals surface area contributed by atoms with Crippen LogP contribution in [-0.2, 0) is 0 Å². The molecule has 5 heteroatoms. The molecule has 3 aliphatic rings. The summed E-state index contributed by atoms with van der Waals surface area (Å²) in [4.78, 5) is 8.24. The van der Waals surface area contributed by atoms with Gasteiger partial charge in [-0.05, 0) is 61.5 Å². The van der Waals surface area contributed by atoms with Crippen LogP contribution in [0.3, 0.4) is 0 Å². The first-order chi connectivity index (χ1) is 12.7. The molecule has 3 aliphatic heterocycles. The van der Waals surface area contributed by atoms with Crippen LogP contribution in [0.25, 0.3) is 0 Å². The van der Waals surface area contributed by atoms with E-state index in [2.05, 4.69) is 46.5 Å². The van der Waals surface area contributed by atoms with E-state index in [4.69, 9.17) is 5.73 Å². The summed E-state index contributed by atoms with van der Waals surface area (Å²) in [6, 6.07) is 11.8. The van der Waals surface area contributed by atoms with Crippen LogP contribution in [0.15, 0.2) is 52.4 Å². The lowest BCUT2D eigenvalue weighted by molar-refractivity contribution is 0.251. The molecule has 0 saturated carbocycles. The minimum Gasteiger partial charge on any atom is -0.384 e. The Hall–Kier alpha value is -2.11. The van der Waals surface area contributed by atoms with Crippen molar-refractivity contribution >= 4 is 28.5 Å². The molecule has 1 aromatic heterocycles. The second-order valence-corrected chi connectivity index (χ2v) is 8.54. The minimum atomic E-state index is 0.472. The summed E-state index contributed by atoms with van der Waals surface area (Å²) in [6.07, 6.45) is 6.36. The van der Waals surface area contributed by atoms with E-state index >= 15 is 0 Å². The van der Waals surface area contributed by atoms with Crippen LogP contribution in [0, 0.1) is 0 Å². The molecule has 134 valence electrons. The highest BCUT2D eigenvalue weighted by Crippen LogP contribution is 2.44. The Labute approximate surface area is 158 Å². The Morgan fingerprint density at radius 3 is 3.04 bits per heavy atom. The van der Waals surface area contributed by atoms with Crippen LogP contribution < -0.4 is 11.1 Å². The van der Waals surface area contributed by atoms with Crippen molar-refractivity contribution in [3.63, 3.8) is 0 Å². The van der Waals surface area contributed by atoms with Gasteiger partial charge in [-0.2, -0.15) is 0 Å². The first-order valence-electron chi connectivity index (χ1n) is 9.37. The van der Waals surface area contributed by atoms with Gasteiger partial charge in [-0.1, -0.05) is 17.7 Å². The first-order valence-corrected chi connectivity index (χ1v) is 10.3. The van der Waals surface area contributed by atoms with Gasteiger partial charge in [-0.25, -0.2) is 4.99 Å². The van der Waals surface area contributed by atoms with Crippen LogP contribution in [0.4, 0.5) is 11.4 Å². The zero-order valence-electron chi connectivity index (χ0n) is 15.0. The van der Waals surface area contributed by atoms with Crippen molar-refractivity contribution in [1.82, 2.24) is 4.90 Å². The monoisotopic (exact) mass is 364 g/mol. The van der Waals surface area contributed by atoms with Crippen molar-refractivity contribution in [3.05, 3.63) is 57.8 Å². The summed E-state index contributed by atoms with van der Waals surface area (Å²) in [6.45, 7) is 0.998.